The minimum absolute atomic E-state index is 0.0571. The first-order valence-corrected chi connectivity index (χ1v) is 7.71. The molecule has 21 heavy (non-hydrogen) atoms. The van der Waals surface area contributed by atoms with Crippen molar-refractivity contribution in [2.75, 3.05) is 6.54 Å². The highest BCUT2D eigenvalue weighted by Gasteiger charge is 2.30. The summed E-state index contributed by atoms with van der Waals surface area (Å²) in [6.45, 7) is 5.38. The van der Waals surface area contributed by atoms with Gasteiger partial charge in [-0.15, -0.1) is 0 Å². The van der Waals surface area contributed by atoms with Crippen LogP contribution in [0.3, 0.4) is 0 Å². The molecule has 0 spiro atoms. The number of benzene rings is 1. The smallest absolute Gasteiger partial charge is 0.257 e. The first-order chi connectivity index (χ1) is 10.0. The van der Waals surface area contributed by atoms with Crippen molar-refractivity contribution >= 4 is 21.8 Å². The Bertz CT molecular complexity index is 710. The summed E-state index contributed by atoms with van der Waals surface area (Å²) in [5.41, 5.74) is 2.41. The number of hydrogen-bond donors (Lipinski definition) is 0. The molecular weight excluding hydrogens is 335 g/mol. The van der Waals surface area contributed by atoms with Gasteiger partial charge in [-0.1, -0.05) is 6.07 Å². The molecule has 0 bridgehead atoms. The monoisotopic (exact) mass is 350 g/mol. The van der Waals surface area contributed by atoms with Crippen molar-refractivity contribution in [2.45, 2.75) is 26.4 Å². The lowest BCUT2D eigenvalue weighted by Crippen LogP contribution is -2.41. The molecule has 0 fully saturated rings. The molecule has 1 unspecified atom stereocenters. The van der Waals surface area contributed by atoms with Crippen LogP contribution in [-0.2, 0) is 6.54 Å². The minimum Gasteiger partial charge on any atom is -0.345 e. The normalized spacial score (nSPS) is 17.7. The second-order valence-electron chi connectivity index (χ2n) is 5.33. The van der Waals surface area contributed by atoms with Gasteiger partial charge in [0.2, 0.25) is 0 Å². The molecule has 110 valence electrons. The van der Waals surface area contributed by atoms with Crippen LogP contribution in [0.15, 0.2) is 34.8 Å². The molecule has 0 saturated heterocycles. The second-order valence-corrected chi connectivity index (χ2v) is 6.18. The molecule has 2 aromatic rings. The summed E-state index contributed by atoms with van der Waals surface area (Å²) in [5.74, 6) is -0.752. The number of rotatable bonds is 1. The third kappa shape index (κ3) is 2.29. The molecule has 1 atom stereocenters. The number of hydrogen-bond acceptors (Lipinski definition) is 1. The summed E-state index contributed by atoms with van der Waals surface area (Å²) >= 11 is 3.13. The summed E-state index contributed by atoms with van der Waals surface area (Å²) < 4.78 is 16.7. The van der Waals surface area contributed by atoms with E-state index in [0.29, 0.717) is 11.0 Å². The average molecular weight is 351 g/mol. The predicted octanol–water partition coefficient (Wildman–Crippen LogP) is 3.92. The zero-order chi connectivity index (χ0) is 15.1. The maximum absolute atomic E-state index is 14.1. The number of aryl methyl sites for hydroxylation is 1. The number of nitrogens with zero attached hydrogens (tertiary/aromatic N) is 2. The Balaban J connectivity index is 1.95. The van der Waals surface area contributed by atoms with E-state index in [1.54, 1.807) is 17.0 Å². The lowest BCUT2D eigenvalue weighted by molar-refractivity contribution is 0.0638. The van der Waals surface area contributed by atoms with Crippen LogP contribution >= 0.6 is 15.9 Å². The average Bonchev–Trinajstić information content (AvgIpc) is 2.84. The number of carbonyl (C=O) groups is 1. The Hall–Kier alpha value is -1.62. The molecule has 0 aliphatic carbocycles. The van der Waals surface area contributed by atoms with Crippen LogP contribution in [0.5, 0.6) is 0 Å². The number of aromatic nitrogens is 1. The van der Waals surface area contributed by atoms with Crippen LogP contribution in [0.1, 0.15) is 34.7 Å². The molecule has 1 aliphatic rings. The molecule has 1 aromatic carbocycles. The zero-order valence-corrected chi connectivity index (χ0v) is 13.5. The second kappa shape index (κ2) is 5.30. The molecule has 5 heteroatoms. The maximum atomic E-state index is 14.1. The van der Waals surface area contributed by atoms with Gasteiger partial charge in [0.05, 0.1) is 16.1 Å². The molecule has 3 nitrogen and oxygen atoms in total. The third-order valence-electron chi connectivity index (χ3n) is 4.14. The van der Waals surface area contributed by atoms with Crippen LogP contribution in [0.4, 0.5) is 4.39 Å². The zero-order valence-electron chi connectivity index (χ0n) is 11.9. The highest BCUT2D eigenvalue weighted by Crippen LogP contribution is 2.29. The Morgan fingerprint density at radius 3 is 2.81 bits per heavy atom. The van der Waals surface area contributed by atoms with E-state index in [-0.39, 0.29) is 17.5 Å². The van der Waals surface area contributed by atoms with Gasteiger partial charge in [0, 0.05) is 24.5 Å². The van der Waals surface area contributed by atoms with Crippen molar-refractivity contribution in [3.63, 3.8) is 0 Å². The molecular formula is C16H16BrFN2O. The highest BCUT2D eigenvalue weighted by molar-refractivity contribution is 9.10. The Morgan fingerprint density at radius 1 is 1.29 bits per heavy atom. The van der Waals surface area contributed by atoms with Gasteiger partial charge in [-0.2, -0.15) is 0 Å². The molecule has 0 saturated carbocycles. The van der Waals surface area contributed by atoms with E-state index in [4.69, 9.17) is 0 Å². The summed E-state index contributed by atoms with van der Waals surface area (Å²) in [6, 6.07) is 8.85. The molecule has 3 rings (SSSR count). The summed E-state index contributed by atoms with van der Waals surface area (Å²) in [6.07, 6.45) is 0. The lowest BCUT2D eigenvalue weighted by atomic mass is 10.1. The summed E-state index contributed by atoms with van der Waals surface area (Å²) in [4.78, 5) is 14.4. The van der Waals surface area contributed by atoms with Gasteiger partial charge in [0.15, 0.2) is 0 Å². The van der Waals surface area contributed by atoms with E-state index in [2.05, 4.69) is 33.5 Å². The molecule has 0 N–H and O–H groups in total. The number of carbonyl (C=O) groups excluding carboxylic acids is 1. The van der Waals surface area contributed by atoms with Crippen LogP contribution in [-0.4, -0.2) is 21.9 Å². The number of amides is 1. The van der Waals surface area contributed by atoms with Crippen LogP contribution in [0.25, 0.3) is 0 Å². The Morgan fingerprint density at radius 2 is 2.05 bits per heavy atom. The summed E-state index contributed by atoms with van der Waals surface area (Å²) in [5, 5.41) is 0. The van der Waals surface area contributed by atoms with Gasteiger partial charge < -0.3 is 9.47 Å². The van der Waals surface area contributed by atoms with Gasteiger partial charge >= 0.3 is 0 Å². The van der Waals surface area contributed by atoms with Crippen molar-refractivity contribution in [3.8, 4) is 0 Å². The van der Waals surface area contributed by atoms with E-state index in [9.17, 15) is 9.18 Å². The fourth-order valence-corrected chi connectivity index (χ4v) is 3.29. The van der Waals surface area contributed by atoms with E-state index in [0.717, 1.165) is 12.2 Å². The first-order valence-electron chi connectivity index (χ1n) is 6.91. The van der Waals surface area contributed by atoms with Crippen LogP contribution < -0.4 is 0 Å². The standard InChI is InChI=1S/C16H16BrFN2O/c1-10-6-7-14-11(2)20(9-8-19(10)14)16(21)12-4-3-5-13(17)15(12)18/h3-7,11H,8-9H2,1-2H3. The first kappa shape index (κ1) is 14.3. The van der Waals surface area contributed by atoms with Crippen molar-refractivity contribution in [1.29, 1.82) is 0 Å². The van der Waals surface area contributed by atoms with E-state index >= 15 is 0 Å². The molecule has 1 aromatic heterocycles. The van der Waals surface area contributed by atoms with Gasteiger partial charge in [0.1, 0.15) is 5.82 Å². The Labute approximate surface area is 131 Å². The molecule has 1 aliphatic heterocycles. The van der Waals surface area contributed by atoms with Gasteiger partial charge in [0.25, 0.3) is 5.91 Å². The number of fused-ring (bicyclic) bond motifs is 1. The van der Waals surface area contributed by atoms with Gasteiger partial charge in [-0.3, -0.25) is 4.79 Å². The van der Waals surface area contributed by atoms with Crippen molar-refractivity contribution in [2.24, 2.45) is 0 Å². The minimum atomic E-state index is -0.494. The maximum Gasteiger partial charge on any atom is 0.257 e. The van der Waals surface area contributed by atoms with Crippen LogP contribution in [0.2, 0.25) is 0 Å². The number of halogens is 2. The third-order valence-corrected chi connectivity index (χ3v) is 4.75. The lowest BCUT2D eigenvalue weighted by Gasteiger charge is -2.35. The molecule has 1 amide bonds. The van der Waals surface area contributed by atoms with Gasteiger partial charge in [-0.05, 0) is 54.0 Å². The van der Waals surface area contributed by atoms with E-state index < -0.39 is 5.82 Å². The highest BCUT2D eigenvalue weighted by atomic mass is 79.9. The van der Waals surface area contributed by atoms with Gasteiger partial charge in [-0.25, -0.2) is 4.39 Å². The van der Waals surface area contributed by atoms with Crippen LogP contribution in [0, 0.1) is 12.7 Å². The molecule has 0 radical (unpaired) electrons. The van der Waals surface area contributed by atoms with E-state index in [1.165, 1.54) is 11.8 Å². The Kier molecular flexibility index (Phi) is 3.61. The topological polar surface area (TPSA) is 25.2 Å². The SMILES string of the molecule is Cc1ccc2n1CCN(C(=O)c1cccc(Br)c1F)C2C. The fourth-order valence-electron chi connectivity index (χ4n) is 2.92. The molecule has 2 heterocycles. The largest absolute Gasteiger partial charge is 0.345 e. The summed E-state index contributed by atoms with van der Waals surface area (Å²) in [7, 11) is 0. The quantitative estimate of drug-likeness (QED) is 0.765. The predicted molar refractivity (Wildman–Crippen MR) is 82.7 cm³/mol. The van der Waals surface area contributed by atoms with Crippen molar-refractivity contribution in [3.05, 3.63) is 57.6 Å². The van der Waals surface area contributed by atoms with Crippen molar-refractivity contribution in [1.82, 2.24) is 9.47 Å². The van der Waals surface area contributed by atoms with E-state index in [1.807, 2.05) is 13.0 Å². The fraction of sp³-hybridized carbons (Fsp3) is 0.312. The van der Waals surface area contributed by atoms with Crippen molar-refractivity contribution < 1.29 is 9.18 Å².